The number of methoxy groups -OCH3 is 1. The standard InChI is InChI=1S/C26H20O8/c1-33-22(29)12-19(14-2-4-16(5-3-14)26(31)32)23-21(28)11-10-18-24(30)20(13-34-25(18)23)15-6-8-17(27)9-7-15/h2-11,13,19,27-28H,12H2,1H3,(H,31,32)/t19-/m1/s1. The van der Waals surface area contributed by atoms with E-state index < -0.39 is 17.9 Å². The molecule has 0 aliphatic heterocycles. The summed E-state index contributed by atoms with van der Waals surface area (Å²) >= 11 is 0. The number of carboxylic acids is 1. The van der Waals surface area contributed by atoms with Crippen LogP contribution in [0.25, 0.3) is 22.1 Å². The van der Waals surface area contributed by atoms with Gasteiger partial charge >= 0.3 is 11.9 Å². The number of carbonyl (C=O) groups excluding carboxylic acids is 1. The third-order valence-electron chi connectivity index (χ3n) is 5.64. The quantitative estimate of drug-likeness (QED) is 0.363. The Morgan fingerprint density at radius 1 is 0.971 bits per heavy atom. The van der Waals surface area contributed by atoms with Crippen molar-refractivity contribution in [3.63, 3.8) is 0 Å². The number of aromatic hydroxyl groups is 2. The average Bonchev–Trinajstić information content (AvgIpc) is 2.83. The van der Waals surface area contributed by atoms with Gasteiger partial charge in [-0.1, -0.05) is 24.3 Å². The molecule has 8 nitrogen and oxygen atoms in total. The molecule has 1 heterocycles. The van der Waals surface area contributed by atoms with E-state index >= 15 is 0 Å². The Morgan fingerprint density at radius 2 is 1.65 bits per heavy atom. The predicted molar refractivity (Wildman–Crippen MR) is 123 cm³/mol. The summed E-state index contributed by atoms with van der Waals surface area (Å²) in [5.41, 5.74) is 1.35. The monoisotopic (exact) mass is 460 g/mol. The molecule has 0 bridgehead atoms. The second-order valence-electron chi connectivity index (χ2n) is 7.66. The topological polar surface area (TPSA) is 134 Å². The number of rotatable bonds is 6. The Balaban J connectivity index is 1.91. The minimum Gasteiger partial charge on any atom is -0.508 e. The van der Waals surface area contributed by atoms with Crippen LogP contribution in [-0.4, -0.2) is 34.4 Å². The molecular weight excluding hydrogens is 440 g/mol. The van der Waals surface area contributed by atoms with Gasteiger partial charge in [0.15, 0.2) is 0 Å². The van der Waals surface area contributed by atoms with Crippen molar-refractivity contribution < 1.29 is 34.1 Å². The molecule has 34 heavy (non-hydrogen) atoms. The fourth-order valence-corrected chi connectivity index (χ4v) is 3.88. The molecule has 0 saturated carbocycles. The van der Waals surface area contributed by atoms with Gasteiger partial charge in [-0.25, -0.2) is 4.79 Å². The molecule has 8 heteroatoms. The first-order valence-electron chi connectivity index (χ1n) is 10.3. The molecule has 0 aliphatic rings. The number of phenolic OH excluding ortho intramolecular Hbond substituents is 2. The first-order valence-corrected chi connectivity index (χ1v) is 10.3. The lowest BCUT2D eigenvalue weighted by Gasteiger charge is -2.19. The first kappa shape index (κ1) is 22.6. The largest absolute Gasteiger partial charge is 0.508 e. The van der Waals surface area contributed by atoms with Gasteiger partial charge in [0.2, 0.25) is 5.43 Å². The minimum atomic E-state index is -1.10. The van der Waals surface area contributed by atoms with E-state index in [0.29, 0.717) is 11.1 Å². The van der Waals surface area contributed by atoms with Gasteiger partial charge in [-0.3, -0.25) is 9.59 Å². The third-order valence-corrected chi connectivity index (χ3v) is 5.64. The molecule has 0 aliphatic carbocycles. The second-order valence-corrected chi connectivity index (χ2v) is 7.66. The van der Waals surface area contributed by atoms with E-state index in [2.05, 4.69) is 0 Å². The number of carboxylic acid groups (broad SMARTS) is 1. The molecule has 172 valence electrons. The number of esters is 1. The zero-order valence-electron chi connectivity index (χ0n) is 18.0. The van der Waals surface area contributed by atoms with Crippen LogP contribution in [0.5, 0.6) is 11.5 Å². The number of hydrogen-bond donors (Lipinski definition) is 3. The molecule has 1 atom stereocenters. The maximum atomic E-state index is 13.3. The number of fused-ring (bicyclic) bond motifs is 1. The lowest BCUT2D eigenvalue weighted by molar-refractivity contribution is -0.140. The van der Waals surface area contributed by atoms with Gasteiger partial charge in [0, 0.05) is 11.5 Å². The Bertz CT molecular complexity index is 1430. The van der Waals surface area contributed by atoms with Crippen LogP contribution < -0.4 is 5.43 Å². The van der Waals surface area contributed by atoms with Crippen molar-refractivity contribution in [1.29, 1.82) is 0 Å². The summed E-state index contributed by atoms with van der Waals surface area (Å²) in [6.45, 7) is 0. The van der Waals surface area contributed by atoms with Crippen molar-refractivity contribution in [3.8, 4) is 22.6 Å². The molecule has 3 N–H and O–H groups in total. The van der Waals surface area contributed by atoms with E-state index in [9.17, 15) is 29.7 Å². The molecule has 4 aromatic rings. The van der Waals surface area contributed by atoms with Crippen molar-refractivity contribution in [3.05, 3.63) is 93.8 Å². The zero-order chi connectivity index (χ0) is 24.4. The van der Waals surface area contributed by atoms with E-state index in [1.165, 1.54) is 61.9 Å². The smallest absolute Gasteiger partial charge is 0.335 e. The molecule has 0 radical (unpaired) electrons. The summed E-state index contributed by atoms with van der Waals surface area (Å²) in [4.78, 5) is 36.7. The van der Waals surface area contributed by atoms with Crippen LogP contribution in [0.2, 0.25) is 0 Å². The predicted octanol–water partition coefficient (Wildman–Crippen LogP) is 4.26. The fourth-order valence-electron chi connectivity index (χ4n) is 3.88. The Labute approximate surface area is 193 Å². The van der Waals surface area contributed by atoms with Gasteiger partial charge in [0.05, 0.1) is 30.0 Å². The third kappa shape index (κ3) is 4.21. The fraction of sp³-hybridized carbons (Fsp3) is 0.115. The number of benzene rings is 3. The van der Waals surface area contributed by atoms with Gasteiger partial charge in [-0.2, -0.15) is 0 Å². The van der Waals surface area contributed by atoms with E-state index in [1.54, 1.807) is 12.1 Å². The summed E-state index contributed by atoms with van der Waals surface area (Å²) in [7, 11) is 1.24. The van der Waals surface area contributed by atoms with Crippen molar-refractivity contribution in [2.45, 2.75) is 12.3 Å². The van der Waals surface area contributed by atoms with Gasteiger partial charge in [-0.05, 0) is 47.5 Å². The van der Waals surface area contributed by atoms with Gasteiger partial charge in [-0.15, -0.1) is 0 Å². The van der Waals surface area contributed by atoms with E-state index in [0.717, 1.165) is 0 Å². The van der Waals surface area contributed by atoms with Gasteiger partial charge < -0.3 is 24.5 Å². The molecular formula is C26H20O8. The summed E-state index contributed by atoms with van der Waals surface area (Å²) in [6, 6.07) is 14.7. The van der Waals surface area contributed by atoms with Crippen LogP contribution in [0.4, 0.5) is 0 Å². The number of ether oxygens (including phenoxy) is 1. The van der Waals surface area contributed by atoms with Gasteiger partial charge in [0.1, 0.15) is 23.3 Å². The zero-order valence-corrected chi connectivity index (χ0v) is 18.0. The number of aromatic carboxylic acids is 1. The van der Waals surface area contributed by atoms with Crippen LogP contribution in [0.15, 0.2) is 76.1 Å². The highest BCUT2D eigenvalue weighted by atomic mass is 16.5. The molecule has 3 aromatic carbocycles. The SMILES string of the molecule is COC(=O)C[C@H](c1ccc(C(=O)O)cc1)c1c(O)ccc2c(=O)c(-c3ccc(O)cc3)coc12. The molecule has 1 aromatic heterocycles. The van der Waals surface area contributed by atoms with E-state index in [-0.39, 0.29) is 51.0 Å². The normalized spacial score (nSPS) is 11.8. The summed E-state index contributed by atoms with van der Waals surface area (Å²) in [5, 5.41) is 29.6. The summed E-state index contributed by atoms with van der Waals surface area (Å²) in [5.74, 6) is -2.57. The van der Waals surface area contributed by atoms with E-state index in [4.69, 9.17) is 9.15 Å². The highest BCUT2D eigenvalue weighted by molar-refractivity contribution is 5.89. The number of hydrogen-bond acceptors (Lipinski definition) is 7. The molecule has 0 saturated heterocycles. The maximum Gasteiger partial charge on any atom is 0.335 e. The molecule has 4 rings (SSSR count). The van der Waals surface area contributed by atoms with Crippen molar-refractivity contribution in [2.75, 3.05) is 7.11 Å². The molecule has 0 unspecified atom stereocenters. The molecule has 0 spiro atoms. The molecule has 0 fully saturated rings. The Morgan fingerprint density at radius 3 is 2.26 bits per heavy atom. The Hall–Kier alpha value is -4.59. The highest BCUT2D eigenvalue weighted by Crippen LogP contribution is 2.39. The van der Waals surface area contributed by atoms with Crippen LogP contribution in [0.3, 0.4) is 0 Å². The number of carbonyl (C=O) groups is 2. The van der Waals surface area contributed by atoms with Gasteiger partial charge in [0.25, 0.3) is 0 Å². The van der Waals surface area contributed by atoms with Crippen molar-refractivity contribution >= 4 is 22.9 Å². The summed E-state index contributed by atoms with van der Waals surface area (Å²) < 4.78 is 10.7. The molecule has 0 amide bonds. The maximum absolute atomic E-state index is 13.3. The van der Waals surface area contributed by atoms with Crippen molar-refractivity contribution in [1.82, 2.24) is 0 Å². The van der Waals surface area contributed by atoms with Crippen molar-refractivity contribution in [2.24, 2.45) is 0 Å². The lowest BCUT2D eigenvalue weighted by atomic mass is 9.86. The van der Waals surface area contributed by atoms with Crippen LogP contribution in [-0.2, 0) is 9.53 Å². The van der Waals surface area contributed by atoms with E-state index in [1.807, 2.05) is 0 Å². The average molecular weight is 460 g/mol. The van der Waals surface area contributed by atoms with Crippen LogP contribution in [0, 0.1) is 0 Å². The number of phenols is 2. The minimum absolute atomic E-state index is 0.0562. The van der Waals surface area contributed by atoms with Crippen LogP contribution >= 0.6 is 0 Å². The highest BCUT2D eigenvalue weighted by Gasteiger charge is 2.27. The lowest BCUT2D eigenvalue weighted by Crippen LogP contribution is -2.13. The Kier molecular flexibility index (Phi) is 6.05. The van der Waals surface area contributed by atoms with Crippen LogP contribution in [0.1, 0.15) is 33.8 Å². The first-order chi connectivity index (χ1) is 16.3. The second kappa shape index (κ2) is 9.11. The summed E-state index contributed by atoms with van der Waals surface area (Å²) in [6.07, 6.45) is 1.09.